The SMILES string of the molecule is O=C1CCC2=C(CC1)C[C@H]1C(=O)c3ccccc3C(=O)[C@H]1C2. The van der Waals surface area contributed by atoms with Crippen molar-refractivity contribution >= 4 is 17.3 Å². The van der Waals surface area contributed by atoms with E-state index < -0.39 is 0 Å². The molecule has 0 spiro atoms. The van der Waals surface area contributed by atoms with Crippen LogP contribution < -0.4 is 0 Å². The molecule has 112 valence electrons. The summed E-state index contributed by atoms with van der Waals surface area (Å²) in [6.45, 7) is 0. The molecule has 2 atom stereocenters. The van der Waals surface area contributed by atoms with Gasteiger partial charge in [0.15, 0.2) is 11.6 Å². The van der Waals surface area contributed by atoms with Crippen molar-refractivity contribution in [2.75, 3.05) is 0 Å². The average molecular weight is 294 g/mol. The second-order valence-corrected chi connectivity index (χ2v) is 6.64. The fourth-order valence-electron chi connectivity index (χ4n) is 4.23. The van der Waals surface area contributed by atoms with Gasteiger partial charge in [0, 0.05) is 35.8 Å². The summed E-state index contributed by atoms with van der Waals surface area (Å²) in [5, 5.41) is 0. The lowest BCUT2D eigenvalue weighted by Gasteiger charge is -2.36. The maximum atomic E-state index is 12.8. The molecule has 0 fully saturated rings. The number of rotatable bonds is 0. The van der Waals surface area contributed by atoms with Gasteiger partial charge in [-0.05, 0) is 25.7 Å². The molecule has 3 aliphatic carbocycles. The Hall–Kier alpha value is -2.03. The van der Waals surface area contributed by atoms with E-state index in [1.54, 1.807) is 12.1 Å². The fraction of sp³-hybridized carbons (Fsp3) is 0.421. The van der Waals surface area contributed by atoms with Gasteiger partial charge >= 0.3 is 0 Å². The van der Waals surface area contributed by atoms with Gasteiger partial charge in [0.2, 0.25) is 0 Å². The van der Waals surface area contributed by atoms with Crippen LogP contribution in [0.4, 0.5) is 0 Å². The lowest BCUT2D eigenvalue weighted by Crippen LogP contribution is -2.39. The smallest absolute Gasteiger partial charge is 0.167 e. The Balaban J connectivity index is 1.73. The van der Waals surface area contributed by atoms with Crippen LogP contribution in [0.25, 0.3) is 0 Å². The van der Waals surface area contributed by atoms with E-state index in [-0.39, 0.29) is 23.4 Å². The van der Waals surface area contributed by atoms with Crippen molar-refractivity contribution in [1.29, 1.82) is 0 Å². The van der Waals surface area contributed by atoms with Gasteiger partial charge in [-0.3, -0.25) is 14.4 Å². The van der Waals surface area contributed by atoms with Gasteiger partial charge in [-0.25, -0.2) is 0 Å². The number of Topliss-reactive ketones (excluding diaryl/α,β-unsaturated/α-hetero) is 3. The van der Waals surface area contributed by atoms with E-state index in [0.29, 0.717) is 42.6 Å². The second kappa shape index (κ2) is 5.01. The molecule has 22 heavy (non-hydrogen) atoms. The van der Waals surface area contributed by atoms with Crippen molar-refractivity contribution in [2.45, 2.75) is 38.5 Å². The minimum absolute atomic E-state index is 0.113. The van der Waals surface area contributed by atoms with Gasteiger partial charge in [-0.2, -0.15) is 0 Å². The molecule has 0 heterocycles. The molecule has 0 amide bonds. The van der Waals surface area contributed by atoms with Crippen LogP contribution in [0.3, 0.4) is 0 Å². The summed E-state index contributed by atoms with van der Waals surface area (Å²) in [7, 11) is 0. The molecule has 1 aromatic rings. The van der Waals surface area contributed by atoms with Gasteiger partial charge in [-0.15, -0.1) is 0 Å². The van der Waals surface area contributed by atoms with Crippen molar-refractivity contribution in [3.05, 3.63) is 46.5 Å². The molecule has 0 N–H and O–H groups in total. The molecule has 0 aromatic heterocycles. The van der Waals surface area contributed by atoms with Gasteiger partial charge in [0.1, 0.15) is 5.78 Å². The third-order valence-electron chi connectivity index (χ3n) is 5.46. The minimum atomic E-state index is -0.214. The Morgan fingerprint density at radius 2 is 1.14 bits per heavy atom. The number of ketones is 3. The van der Waals surface area contributed by atoms with E-state index in [4.69, 9.17) is 0 Å². The summed E-state index contributed by atoms with van der Waals surface area (Å²) < 4.78 is 0. The molecule has 4 rings (SSSR count). The van der Waals surface area contributed by atoms with Crippen LogP contribution in [0.15, 0.2) is 35.4 Å². The number of allylic oxidation sites excluding steroid dienone is 2. The van der Waals surface area contributed by atoms with Crippen molar-refractivity contribution in [1.82, 2.24) is 0 Å². The van der Waals surface area contributed by atoms with Crippen molar-refractivity contribution < 1.29 is 14.4 Å². The number of hydrogen-bond donors (Lipinski definition) is 0. The average Bonchev–Trinajstić information content (AvgIpc) is 2.73. The molecule has 0 saturated carbocycles. The molecule has 1 aromatic carbocycles. The van der Waals surface area contributed by atoms with Crippen LogP contribution in [-0.2, 0) is 4.79 Å². The Bertz CT molecular complexity index is 667. The van der Waals surface area contributed by atoms with Crippen molar-refractivity contribution in [2.24, 2.45) is 11.8 Å². The Kier molecular flexibility index (Phi) is 3.10. The number of benzene rings is 1. The zero-order chi connectivity index (χ0) is 15.3. The molecular formula is C19H18O3. The summed E-state index contributed by atoms with van der Waals surface area (Å²) in [4.78, 5) is 37.2. The van der Waals surface area contributed by atoms with Crippen molar-refractivity contribution in [3.8, 4) is 0 Å². The molecule has 0 bridgehead atoms. The van der Waals surface area contributed by atoms with Crippen LogP contribution in [0.1, 0.15) is 59.2 Å². The van der Waals surface area contributed by atoms with Crippen LogP contribution in [-0.4, -0.2) is 17.3 Å². The van der Waals surface area contributed by atoms with E-state index in [0.717, 1.165) is 12.8 Å². The number of carbonyl (C=O) groups excluding carboxylic acids is 3. The van der Waals surface area contributed by atoms with Gasteiger partial charge in [0.25, 0.3) is 0 Å². The first-order valence-corrected chi connectivity index (χ1v) is 8.04. The number of fused-ring (bicyclic) bond motifs is 2. The Labute approximate surface area is 129 Å². The van der Waals surface area contributed by atoms with E-state index in [2.05, 4.69) is 0 Å². The summed E-state index contributed by atoms with van der Waals surface area (Å²) in [6, 6.07) is 7.18. The normalized spacial score (nSPS) is 27.9. The molecule has 0 radical (unpaired) electrons. The standard InChI is InChI=1S/C19H18O3/c20-13-7-5-11-9-16-17(10-12(11)6-8-13)19(22)15-4-2-1-3-14(15)18(16)21/h1-4,16-17H,5-10H2/t16-,17+. The topological polar surface area (TPSA) is 51.2 Å². The van der Waals surface area contributed by atoms with Gasteiger partial charge < -0.3 is 0 Å². The lowest BCUT2D eigenvalue weighted by atomic mass is 9.65. The van der Waals surface area contributed by atoms with Crippen LogP contribution in [0.5, 0.6) is 0 Å². The second-order valence-electron chi connectivity index (χ2n) is 6.64. The molecule has 3 nitrogen and oxygen atoms in total. The third-order valence-corrected chi connectivity index (χ3v) is 5.46. The molecule has 0 unspecified atom stereocenters. The van der Waals surface area contributed by atoms with Crippen molar-refractivity contribution in [3.63, 3.8) is 0 Å². The Morgan fingerprint density at radius 3 is 1.59 bits per heavy atom. The first kappa shape index (κ1) is 13.6. The van der Waals surface area contributed by atoms with Crippen LogP contribution in [0.2, 0.25) is 0 Å². The molecule has 0 saturated heterocycles. The van der Waals surface area contributed by atoms with Crippen LogP contribution in [0, 0.1) is 11.8 Å². The van der Waals surface area contributed by atoms with Crippen LogP contribution >= 0.6 is 0 Å². The van der Waals surface area contributed by atoms with E-state index in [1.165, 1.54) is 11.1 Å². The summed E-state index contributed by atoms with van der Waals surface area (Å²) in [5.41, 5.74) is 3.71. The monoisotopic (exact) mass is 294 g/mol. The molecule has 3 aliphatic rings. The van der Waals surface area contributed by atoms with E-state index >= 15 is 0 Å². The quantitative estimate of drug-likeness (QED) is 0.688. The summed E-state index contributed by atoms with van der Waals surface area (Å²) in [5.74, 6) is 0.103. The first-order valence-electron chi connectivity index (χ1n) is 8.04. The maximum absolute atomic E-state index is 12.8. The third kappa shape index (κ3) is 1.99. The predicted octanol–water partition coefficient (Wildman–Crippen LogP) is 3.53. The summed E-state index contributed by atoms with van der Waals surface area (Å²) >= 11 is 0. The number of hydrogen-bond acceptors (Lipinski definition) is 3. The largest absolute Gasteiger partial charge is 0.300 e. The highest BCUT2D eigenvalue weighted by molar-refractivity contribution is 6.16. The fourth-order valence-corrected chi connectivity index (χ4v) is 4.23. The highest BCUT2D eigenvalue weighted by atomic mass is 16.1. The maximum Gasteiger partial charge on any atom is 0.167 e. The Morgan fingerprint density at radius 1 is 0.682 bits per heavy atom. The molecular weight excluding hydrogens is 276 g/mol. The lowest BCUT2D eigenvalue weighted by molar-refractivity contribution is -0.118. The summed E-state index contributed by atoms with van der Waals surface area (Å²) in [6.07, 6.45) is 4.09. The number of carbonyl (C=O) groups is 3. The van der Waals surface area contributed by atoms with Gasteiger partial charge in [-0.1, -0.05) is 35.4 Å². The zero-order valence-electron chi connectivity index (χ0n) is 12.4. The molecule has 3 heteroatoms. The van der Waals surface area contributed by atoms with Gasteiger partial charge in [0.05, 0.1) is 0 Å². The highest BCUT2D eigenvalue weighted by Crippen LogP contribution is 2.45. The first-order chi connectivity index (χ1) is 10.6. The minimum Gasteiger partial charge on any atom is -0.300 e. The van der Waals surface area contributed by atoms with E-state index in [1.807, 2.05) is 12.1 Å². The van der Waals surface area contributed by atoms with E-state index in [9.17, 15) is 14.4 Å². The predicted molar refractivity (Wildman–Crippen MR) is 81.8 cm³/mol. The highest BCUT2D eigenvalue weighted by Gasteiger charge is 2.44. The zero-order valence-corrected chi connectivity index (χ0v) is 12.4. The molecule has 0 aliphatic heterocycles.